The highest BCUT2D eigenvalue weighted by Gasteiger charge is 2.20. The van der Waals surface area contributed by atoms with Crippen LogP contribution in [-0.4, -0.2) is 7.85 Å². The van der Waals surface area contributed by atoms with Gasteiger partial charge in [-0.05, 0) is 68.9 Å². The second kappa shape index (κ2) is 11.3. The van der Waals surface area contributed by atoms with E-state index in [1.54, 1.807) is 0 Å². The lowest BCUT2D eigenvalue weighted by atomic mass is 9.86. The van der Waals surface area contributed by atoms with Gasteiger partial charge in [-0.3, -0.25) is 0 Å². The van der Waals surface area contributed by atoms with Crippen molar-refractivity contribution in [3.8, 4) is 33.4 Å². The molecule has 0 aromatic heterocycles. The lowest BCUT2D eigenvalue weighted by Gasteiger charge is -2.30. The first kappa shape index (κ1) is 25.6. The number of nitrogens with zero attached hydrogens (tertiary/aromatic N) is 1. The zero-order valence-electron chi connectivity index (χ0n) is 23.2. The Morgan fingerprint density at radius 3 is 1.71 bits per heavy atom. The first-order chi connectivity index (χ1) is 20.8. The van der Waals surface area contributed by atoms with E-state index in [2.05, 4.69) is 157 Å². The third kappa shape index (κ3) is 4.89. The van der Waals surface area contributed by atoms with E-state index in [0.29, 0.717) is 0 Å². The van der Waals surface area contributed by atoms with Crippen LogP contribution >= 0.6 is 0 Å². The fraction of sp³-hybridized carbons (Fsp3) is 0. The van der Waals surface area contributed by atoms with Crippen LogP contribution in [0.15, 0.2) is 170 Å². The van der Waals surface area contributed by atoms with Gasteiger partial charge in [0.2, 0.25) is 0 Å². The van der Waals surface area contributed by atoms with E-state index in [9.17, 15) is 0 Å². The van der Waals surface area contributed by atoms with E-state index >= 15 is 0 Å². The van der Waals surface area contributed by atoms with Crippen molar-refractivity contribution < 1.29 is 0 Å². The molecule has 0 amide bonds. The van der Waals surface area contributed by atoms with Gasteiger partial charge in [-0.2, -0.15) is 0 Å². The Balaban J connectivity index is 1.48. The van der Waals surface area contributed by atoms with Crippen LogP contribution in [0.4, 0.5) is 17.1 Å². The summed E-state index contributed by atoms with van der Waals surface area (Å²) in [6, 6.07) is 59.7. The number of hydrogen-bond acceptors (Lipinski definition) is 1. The summed E-state index contributed by atoms with van der Waals surface area (Å²) in [6.45, 7) is 0. The molecule has 0 aliphatic carbocycles. The Bertz CT molecular complexity index is 1980. The van der Waals surface area contributed by atoms with Crippen LogP contribution in [0.3, 0.4) is 0 Å². The zero-order chi connectivity index (χ0) is 28.3. The summed E-state index contributed by atoms with van der Waals surface area (Å²) in [5.41, 5.74) is 10.7. The molecule has 2 heteroatoms. The molecule has 0 spiro atoms. The van der Waals surface area contributed by atoms with Crippen molar-refractivity contribution in [1.82, 2.24) is 0 Å². The first-order valence-electron chi connectivity index (χ1n) is 14.2. The van der Waals surface area contributed by atoms with Crippen LogP contribution in [0.2, 0.25) is 0 Å². The Labute approximate surface area is 248 Å². The van der Waals surface area contributed by atoms with E-state index < -0.39 is 0 Å². The topological polar surface area (TPSA) is 3.24 Å². The third-order valence-corrected chi connectivity index (χ3v) is 7.80. The monoisotopic (exact) mass is 533 g/mol. The minimum Gasteiger partial charge on any atom is -0.310 e. The van der Waals surface area contributed by atoms with Gasteiger partial charge in [0.05, 0.1) is 5.69 Å². The van der Waals surface area contributed by atoms with Crippen molar-refractivity contribution in [2.24, 2.45) is 0 Å². The minimum absolute atomic E-state index is 0.741. The molecule has 1 nitrogen and oxygen atoms in total. The van der Waals surface area contributed by atoms with E-state index in [0.717, 1.165) is 39.2 Å². The average Bonchev–Trinajstić information content (AvgIpc) is 3.06. The SMILES string of the molecule is [B]c1cc(N(c2cccc(-c3ccccc3)c2)c2ccc3ccccc3c2-c2ccccc2)ccc1-c1ccccc1. The van der Waals surface area contributed by atoms with E-state index in [1.807, 2.05) is 18.2 Å². The molecule has 0 heterocycles. The summed E-state index contributed by atoms with van der Waals surface area (Å²) in [4.78, 5) is 2.34. The maximum atomic E-state index is 6.78. The second-order valence-corrected chi connectivity index (χ2v) is 10.4. The fourth-order valence-corrected chi connectivity index (χ4v) is 5.81. The molecule has 7 aromatic carbocycles. The zero-order valence-corrected chi connectivity index (χ0v) is 23.2. The Kier molecular flexibility index (Phi) is 6.88. The first-order valence-corrected chi connectivity index (χ1v) is 14.2. The summed E-state index contributed by atoms with van der Waals surface area (Å²) in [7, 11) is 6.78. The van der Waals surface area contributed by atoms with Gasteiger partial charge in [-0.15, -0.1) is 0 Å². The second-order valence-electron chi connectivity index (χ2n) is 10.4. The molecule has 0 aliphatic heterocycles. The quantitative estimate of drug-likeness (QED) is 0.192. The molecular formula is C40H28BN. The molecule has 2 radical (unpaired) electrons. The van der Waals surface area contributed by atoms with Gasteiger partial charge in [0.15, 0.2) is 0 Å². The molecular weight excluding hydrogens is 505 g/mol. The Morgan fingerprint density at radius 2 is 1.00 bits per heavy atom. The standard InChI is InChI=1S/C40H28BN/c41-38-28-35(24-25-36(38)30-15-6-2-7-16-30)42(34-21-12-20-33(27-34)29-13-4-1-5-14-29)39-26-23-31-17-10-11-22-37(31)40(39)32-18-8-3-9-19-32/h1-28H. The highest BCUT2D eigenvalue weighted by Crippen LogP contribution is 2.45. The molecule has 0 unspecified atom stereocenters. The molecule has 42 heavy (non-hydrogen) atoms. The third-order valence-electron chi connectivity index (χ3n) is 7.80. The largest absolute Gasteiger partial charge is 0.310 e. The molecule has 196 valence electrons. The molecule has 0 fully saturated rings. The van der Waals surface area contributed by atoms with Gasteiger partial charge >= 0.3 is 0 Å². The predicted octanol–water partition coefficient (Wildman–Crippen LogP) is 10.1. The highest BCUT2D eigenvalue weighted by atomic mass is 15.1. The van der Waals surface area contributed by atoms with Gasteiger partial charge < -0.3 is 4.90 Å². The van der Waals surface area contributed by atoms with E-state index in [-0.39, 0.29) is 0 Å². The summed E-state index contributed by atoms with van der Waals surface area (Å²) in [6.07, 6.45) is 0. The van der Waals surface area contributed by atoms with Crippen molar-refractivity contribution >= 4 is 41.1 Å². The Hall–Kier alpha value is -5.34. The molecule has 0 atom stereocenters. The van der Waals surface area contributed by atoms with Crippen LogP contribution < -0.4 is 10.4 Å². The van der Waals surface area contributed by atoms with Crippen LogP contribution in [-0.2, 0) is 0 Å². The molecule has 0 saturated heterocycles. The number of benzene rings is 7. The normalized spacial score (nSPS) is 11.0. The van der Waals surface area contributed by atoms with E-state index in [4.69, 9.17) is 7.85 Å². The van der Waals surface area contributed by atoms with Crippen molar-refractivity contribution in [2.75, 3.05) is 4.90 Å². The van der Waals surface area contributed by atoms with Crippen LogP contribution in [0, 0.1) is 0 Å². The molecule has 0 aliphatic rings. The van der Waals surface area contributed by atoms with Gasteiger partial charge in [0, 0.05) is 16.9 Å². The molecule has 7 rings (SSSR count). The van der Waals surface area contributed by atoms with E-state index in [1.165, 1.54) is 27.5 Å². The predicted molar refractivity (Wildman–Crippen MR) is 180 cm³/mol. The van der Waals surface area contributed by atoms with Crippen molar-refractivity contribution in [3.63, 3.8) is 0 Å². The van der Waals surface area contributed by atoms with Crippen molar-refractivity contribution in [3.05, 3.63) is 170 Å². The number of rotatable bonds is 6. The van der Waals surface area contributed by atoms with Gasteiger partial charge in [-0.25, -0.2) is 0 Å². The number of anilines is 3. The molecule has 0 N–H and O–H groups in total. The molecule has 0 saturated carbocycles. The van der Waals surface area contributed by atoms with Crippen LogP contribution in [0.25, 0.3) is 44.2 Å². The smallest absolute Gasteiger partial charge is 0.114 e. The van der Waals surface area contributed by atoms with Crippen LogP contribution in [0.5, 0.6) is 0 Å². The number of fused-ring (bicyclic) bond motifs is 1. The minimum atomic E-state index is 0.741. The average molecular weight is 533 g/mol. The maximum absolute atomic E-state index is 6.78. The van der Waals surface area contributed by atoms with Gasteiger partial charge in [0.25, 0.3) is 0 Å². The van der Waals surface area contributed by atoms with Crippen molar-refractivity contribution in [1.29, 1.82) is 0 Å². The molecule has 7 aromatic rings. The number of hydrogen-bond donors (Lipinski definition) is 0. The molecule has 0 bridgehead atoms. The summed E-state index contributed by atoms with van der Waals surface area (Å²) >= 11 is 0. The summed E-state index contributed by atoms with van der Waals surface area (Å²) < 4.78 is 0. The fourth-order valence-electron chi connectivity index (χ4n) is 5.81. The maximum Gasteiger partial charge on any atom is 0.114 e. The summed E-state index contributed by atoms with van der Waals surface area (Å²) in [5.74, 6) is 0. The Morgan fingerprint density at radius 1 is 0.405 bits per heavy atom. The lowest BCUT2D eigenvalue weighted by molar-refractivity contribution is 1.29. The van der Waals surface area contributed by atoms with Gasteiger partial charge in [-0.1, -0.05) is 145 Å². The highest BCUT2D eigenvalue weighted by molar-refractivity contribution is 6.36. The van der Waals surface area contributed by atoms with Gasteiger partial charge in [0.1, 0.15) is 7.85 Å². The van der Waals surface area contributed by atoms with Crippen molar-refractivity contribution in [2.45, 2.75) is 0 Å². The van der Waals surface area contributed by atoms with Crippen LogP contribution in [0.1, 0.15) is 0 Å². The lowest BCUT2D eigenvalue weighted by Crippen LogP contribution is -2.15. The summed E-state index contributed by atoms with van der Waals surface area (Å²) in [5, 5.41) is 2.41.